The lowest BCUT2D eigenvalue weighted by atomic mass is 10.0. The van der Waals surface area contributed by atoms with Crippen LogP contribution in [0.15, 0.2) is 48.5 Å². The van der Waals surface area contributed by atoms with Gasteiger partial charge in [0.25, 0.3) is 0 Å². The van der Waals surface area contributed by atoms with Crippen LogP contribution in [0.3, 0.4) is 0 Å². The van der Waals surface area contributed by atoms with Crippen LogP contribution in [-0.4, -0.2) is 11.9 Å². The maximum atomic E-state index is 5.99. The number of hydrogen-bond acceptors (Lipinski definition) is 1. The Labute approximate surface area is 127 Å². The highest BCUT2D eigenvalue weighted by Crippen LogP contribution is 2.25. The van der Waals surface area contributed by atoms with Gasteiger partial charge in [0.1, 0.15) is 5.75 Å². The van der Waals surface area contributed by atoms with Gasteiger partial charge in [0.05, 0.1) is 6.61 Å². The molecule has 1 unspecified atom stereocenters. The van der Waals surface area contributed by atoms with E-state index in [-0.39, 0.29) is 0 Å². The Kier molecular flexibility index (Phi) is 5.29. The molecule has 0 spiro atoms. The van der Waals surface area contributed by atoms with Gasteiger partial charge in [-0.2, -0.15) is 0 Å². The first-order chi connectivity index (χ1) is 9.20. The topological polar surface area (TPSA) is 9.23 Å². The first kappa shape index (κ1) is 14.4. The van der Waals surface area contributed by atoms with Crippen LogP contribution in [0.4, 0.5) is 0 Å². The number of benzene rings is 2. The van der Waals surface area contributed by atoms with Gasteiger partial charge in [-0.25, -0.2) is 0 Å². The minimum Gasteiger partial charge on any atom is -0.493 e. The Morgan fingerprint density at radius 3 is 2.58 bits per heavy atom. The summed E-state index contributed by atoms with van der Waals surface area (Å²) in [5.74, 6) is 1.19. The van der Waals surface area contributed by atoms with Gasteiger partial charge in [-0.1, -0.05) is 63.9 Å². The van der Waals surface area contributed by atoms with E-state index in [0.29, 0.717) is 17.5 Å². The van der Waals surface area contributed by atoms with E-state index in [4.69, 9.17) is 16.3 Å². The number of alkyl halides is 1. The fourth-order valence-corrected chi connectivity index (χ4v) is 2.60. The van der Waals surface area contributed by atoms with E-state index in [1.807, 2.05) is 31.2 Å². The Bertz CT molecular complexity index is 528. The van der Waals surface area contributed by atoms with Crippen LogP contribution in [0.1, 0.15) is 17.0 Å². The van der Waals surface area contributed by atoms with Gasteiger partial charge >= 0.3 is 0 Å². The van der Waals surface area contributed by atoms with Gasteiger partial charge in [-0.3, -0.25) is 0 Å². The Hall–Kier alpha value is -0.990. The van der Waals surface area contributed by atoms with E-state index in [1.165, 1.54) is 5.56 Å². The lowest BCUT2D eigenvalue weighted by Crippen LogP contribution is -2.12. The van der Waals surface area contributed by atoms with Crippen molar-refractivity contribution in [2.24, 2.45) is 0 Å². The predicted molar refractivity (Wildman–Crippen MR) is 84.7 cm³/mol. The molecule has 0 aliphatic carbocycles. The molecule has 0 fully saturated rings. The smallest absolute Gasteiger partial charge is 0.123 e. The molecule has 2 aromatic carbocycles. The Balaban J connectivity index is 2.06. The van der Waals surface area contributed by atoms with Gasteiger partial charge in [0.15, 0.2) is 0 Å². The van der Waals surface area contributed by atoms with Crippen LogP contribution in [0.2, 0.25) is 5.02 Å². The van der Waals surface area contributed by atoms with Crippen molar-refractivity contribution in [1.29, 1.82) is 0 Å². The summed E-state index contributed by atoms with van der Waals surface area (Å²) in [5.41, 5.74) is 2.38. The average Bonchev–Trinajstić information content (AvgIpc) is 2.44. The average molecular weight is 340 g/mol. The van der Waals surface area contributed by atoms with Crippen molar-refractivity contribution in [3.63, 3.8) is 0 Å². The largest absolute Gasteiger partial charge is 0.493 e. The maximum absolute atomic E-state index is 5.99. The lowest BCUT2D eigenvalue weighted by molar-refractivity contribution is 0.296. The molecule has 0 saturated carbocycles. The van der Waals surface area contributed by atoms with E-state index in [1.54, 1.807) is 0 Å². The summed E-state index contributed by atoms with van der Waals surface area (Å²) in [4.78, 5) is 0. The quantitative estimate of drug-likeness (QED) is 0.680. The van der Waals surface area contributed by atoms with E-state index >= 15 is 0 Å². The second-order valence-electron chi connectivity index (χ2n) is 4.48. The van der Waals surface area contributed by atoms with Gasteiger partial charge in [-0.15, -0.1) is 0 Å². The maximum Gasteiger partial charge on any atom is 0.123 e. The van der Waals surface area contributed by atoms with Crippen LogP contribution in [0, 0.1) is 6.92 Å². The summed E-state index contributed by atoms with van der Waals surface area (Å²) in [6, 6.07) is 16.1. The molecule has 0 heterocycles. The van der Waals surface area contributed by atoms with Crippen LogP contribution in [0.25, 0.3) is 0 Å². The lowest BCUT2D eigenvalue weighted by Gasteiger charge is -2.17. The van der Waals surface area contributed by atoms with Gasteiger partial charge in [0.2, 0.25) is 0 Å². The first-order valence-electron chi connectivity index (χ1n) is 6.20. The highest BCUT2D eigenvalue weighted by molar-refractivity contribution is 9.09. The highest BCUT2D eigenvalue weighted by atomic mass is 79.9. The minimum atomic E-state index is 0.333. The van der Waals surface area contributed by atoms with Gasteiger partial charge < -0.3 is 4.74 Å². The number of halogens is 2. The van der Waals surface area contributed by atoms with Crippen molar-refractivity contribution in [3.8, 4) is 5.75 Å². The molecule has 0 aromatic heterocycles. The van der Waals surface area contributed by atoms with Crippen molar-refractivity contribution in [2.75, 3.05) is 11.9 Å². The zero-order chi connectivity index (χ0) is 13.7. The fourth-order valence-electron chi connectivity index (χ4n) is 1.87. The van der Waals surface area contributed by atoms with Crippen molar-refractivity contribution in [2.45, 2.75) is 12.8 Å². The molecule has 0 saturated heterocycles. The zero-order valence-corrected chi connectivity index (χ0v) is 13.1. The second kappa shape index (κ2) is 6.97. The third-order valence-corrected chi connectivity index (χ3v) is 4.06. The molecule has 1 atom stereocenters. The third kappa shape index (κ3) is 3.99. The number of hydrogen-bond donors (Lipinski definition) is 0. The second-order valence-corrected chi connectivity index (χ2v) is 5.57. The molecular formula is C16H16BrClO. The highest BCUT2D eigenvalue weighted by Gasteiger charge is 2.11. The number of aryl methyl sites for hydroxylation is 1. The standard InChI is InChI=1S/C16H16BrClO/c1-12-7-8-15(18)9-16(12)19-11-14(10-17)13-5-3-2-4-6-13/h2-9,14H,10-11H2,1H3. The molecule has 3 heteroatoms. The normalized spacial score (nSPS) is 12.2. The van der Waals surface area contributed by atoms with E-state index in [2.05, 4.69) is 40.2 Å². The van der Waals surface area contributed by atoms with Crippen molar-refractivity contribution < 1.29 is 4.74 Å². The molecular weight excluding hydrogens is 324 g/mol. The summed E-state index contributed by atoms with van der Waals surface area (Å²) < 4.78 is 5.91. The van der Waals surface area contributed by atoms with Crippen LogP contribution >= 0.6 is 27.5 Å². The van der Waals surface area contributed by atoms with E-state index in [9.17, 15) is 0 Å². The predicted octanol–water partition coefficient (Wildman–Crippen LogP) is 5.21. The summed E-state index contributed by atoms with van der Waals surface area (Å²) in [5, 5.41) is 1.58. The van der Waals surface area contributed by atoms with Crippen LogP contribution in [-0.2, 0) is 0 Å². The molecule has 0 aliphatic rings. The summed E-state index contributed by atoms with van der Waals surface area (Å²) in [7, 11) is 0. The van der Waals surface area contributed by atoms with Crippen molar-refractivity contribution >= 4 is 27.5 Å². The monoisotopic (exact) mass is 338 g/mol. The van der Waals surface area contributed by atoms with Gasteiger partial charge in [-0.05, 0) is 30.2 Å². The van der Waals surface area contributed by atoms with E-state index in [0.717, 1.165) is 16.6 Å². The Morgan fingerprint density at radius 2 is 1.89 bits per heavy atom. The number of ether oxygens (including phenoxy) is 1. The summed E-state index contributed by atoms with van der Waals surface area (Å²) >= 11 is 9.55. The molecule has 100 valence electrons. The summed E-state index contributed by atoms with van der Waals surface area (Å²) in [6.45, 7) is 2.66. The first-order valence-corrected chi connectivity index (χ1v) is 7.70. The SMILES string of the molecule is Cc1ccc(Cl)cc1OCC(CBr)c1ccccc1. The third-order valence-electron chi connectivity index (χ3n) is 3.05. The fraction of sp³-hybridized carbons (Fsp3) is 0.250. The number of rotatable bonds is 5. The van der Waals surface area contributed by atoms with Crippen molar-refractivity contribution in [1.82, 2.24) is 0 Å². The van der Waals surface area contributed by atoms with E-state index < -0.39 is 0 Å². The molecule has 2 rings (SSSR count). The molecule has 0 N–H and O–H groups in total. The molecule has 0 amide bonds. The molecule has 0 aliphatic heterocycles. The minimum absolute atomic E-state index is 0.333. The zero-order valence-electron chi connectivity index (χ0n) is 10.8. The molecule has 19 heavy (non-hydrogen) atoms. The van der Waals surface area contributed by atoms with Gasteiger partial charge in [0, 0.05) is 16.3 Å². The molecule has 2 aromatic rings. The molecule has 1 nitrogen and oxygen atoms in total. The van der Waals surface area contributed by atoms with Crippen molar-refractivity contribution in [3.05, 3.63) is 64.7 Å². The Morgan fingerprint density at radius 1 is 1.16 bits per heavy atom. The molecule has 0 bridgehead atoms. The summed E-state index contributed by atoms with van der Waals surface area (Å²) in [6.07, 6.45) is 0. The van der Waals surface area contributed by atoms with Crippen LogP contribution < -0.4 is 4.74 Å². The molecule has 0 radical (unpaired) electrons. The van der Waals surface area contributed by atoms with Crippen LogP contribution in [0.5, 0.6) is 5.75 Å².